The molecule has 0 aliphatic carbocycles. The predicted octanol–water partition coefficient (Wildman–Crippen LogP) is 3.12. The molecule has 3 rings (SSSR count). The van der Waals surface area contributed by atoms with Gasteiger partial charge in [-0.2, -0.15) is 0 Å². The van der Waals surface area contributed by atoms with Gasteiger partial charge in [0.05, 0.1) is 7.11 Å². The van der Waals surface area contributed by atoms with Gasteiger partial charge in [-0.15, -0.1) is 0 Å². The van der Waals surface area contributed by atoms with E-state index in [1.165, 1.54) is 19.2 Å². The van der Waals surface area contributed by atoms with Gasteiger partial charge in [0, 0.05) is 0 Å². The second-order valence-corrected chi connectivity index (χ2v) is 4.41. The second kappa shape index (κ2) is 3.95. The van der Waals surface area contributed by atoms with E-state index in [4.69, 9.17) is 4.74 Å². The lowest BCUT2D eigenvalue weighted by Crippen LogP contribution is -1.84. The maximum atomic E-state index is 9.76. The number of benzene rings is 3. The zero-order chi connectivity index (χ0) is 13.6. The van der Waals surface area contributed by atoms with Crippen molar-refractivity contribution < 1.29 is 20.1 Å². The number of hydrogen-bond donors (Lipinski definition) is 3. The van der Waals surface area contributed by atoms with E-state index in [1.807, 2.05) is 12.1 Å². The fourth-order valence-electron chi connectivity index (χ4n) is 2.21. The normalized spacial score (nSPS) is 11.0. The Hall–Kier alpha value is -2.62. The maximum Gasteiger partial charge on any atom is 0.161 e. The van der Waals surface area contributed by atoms with Gasteiger partial charge in [0.15, 0.2) is 23.0 Å². The third-order valence-electron chi connectivity index (χ3n) is 3.19. The van der Waals surface area contributed by atoms with Gasteiger partial charge in [0.25, 0.3) is 0 Å². The number of aromatic hydroxyl groups is 3. The molecule has 0 aromatic heterocycles. The fourth-order valence-corrected chi connectivity index (χ4v) is 2.21. The zero-order valence-corrected chi connectivity index (χ0v) is 10.2. The Morgan fingerprint density at radius 3 is 1.53 bits per heavy atom. The highest BCUT2D eigenvalue weighted by Crippen LogP contribution is 2.36. The molecule has 0 aliphatic rings. The molecular weight excluding hydrogens is 244 g/mol. The Kier molecular flexibility index (Phi) is 2.38. The first-order valence-corrected chi connectivity index (χ1v) is 5.75. The molecule has 4 nitrogen and oxygen atoms in total. The number of phenolic OH excluding ortho intramolecular Hbond substituents is 3. The van der Waals surface area contributed by atoms with Crippen LogP contribution in [0.1, 0.15) is 0 Å². The molecule has 96 valence electrons. The highest BCUT2D eigenvalue weighted by atomic mass is 16.5. The Balaban J connectivity index is 2.38. The first-order valence-electron chi connectivity index (χ1n) is 5.75. The standard InChI is InChI=1S/C15H12O4/c1-19-15-7-11-3-9-5-13(17)12(16)4-8(9)2-10(11)6-14(15)18/h2-7,16-18H,1H3. The summed E-state index contributed by atoms with van der Waals surface area (Å²) < 4.78 is 5.07. The molecule has 0 amide bonds. The van der Waals surface area contributed by atoms with Crippen LogP contribution in [0.25, 0.3) is 21.5 Å². The first kappa shape index (κ1) is 11.5. The average Bonchev–Trinajstić information content (AvgIpc) is 2.38. The van der Waals surface area contributed by atoms with Crippen molar-refractivity contribution in [3.63, 3.8) is 0 Å². The van der Waals surface area contributed by atoms with Crippen molar-refractivity contribution in [2.45, 2.75) is 0 Å². The van der Waals surface area contributed by atoms with Crippen LogP contribution in [-0.2, 0) is 0 Å². The number of fused-ring (bicyclic) bond motifs is 2. The van der Waals surface area contributed by atoms with Gasteiger partial charge in [-0.3, -0.25) is 0 Å². The number of methoxy groups -OCH3 is 1. The van der Waals surface area contributed by atoms with Crippen molar-refractivity contribution in [2.75, 3.05) is 7.11 Å². The van der Waals surface area contributed by atoms with Gasteiger partial charge >= 0.3 is 0 Å². The molecule has 4 heteroatoms. The molecule has 0 spiro atoms. The molecule has 3 N–H and O–H groups in total. The SMILES string of the molecule is COc1cc2cc3cc(O)c(O)cc3cc2cc1O. The summed E-state index contributed by atoms with van der Waals surface area (Å²) in [6.45, 7) is 0. The molecule has 0 saturated heterocycles. The van der Waals surface area contributed by atoms with E-state index >= 15 is 0 Å². The summed E-state index contributed by atoms with van der Waals surface area (Å²) in [7, 11) is 1.49. The Morgan fingerprint density at radius 2 is 1.05 bits per heavy atom. The monoisotopic (exact) mass is 256 g/mol. The Morgan fingerprint density at radius 1 is 0.632 bits per heavy atom. The number of rotatable bonds is 1. The number of phenols is 3. The van der Waals surface area contributed by atoms with Crippen LogP contribution in [0.4, 0.5) is 0 Å². The molecule has 0 radical (unpaired) electrons. The van der Waals surface area contributed by atoms with Crippen molar-refractivity contribution in [3.05, 3.63) is 36.4 Å². The van der Waals surface area contributed by atoms with Crippen LogP contribution in [0, 0.1) is 0 Å². The molecule has 3 aromatic rings. The summed E-state index contributed by atoms with van der Waals surface area (Å²) in [6, 6.07) is 10.0. The highest BCUT2D eigenvalue weighted by Gasteiger charge is 2.07. The molecular formula is C15H12O4. The lowest BCUT2D eigenvalue weighted by molar-refractivity contribution is 0.374. The zero-order valence-electron chi connectivity index (χ0n) is 10.2. The van der Waals surface area contributed by atoms with Crippen molar-refractivity contribution in [3.8, 4) is 23.0 Å². The van der Waals surface area contributed by atoms with E-state index in [-0.39, 0.29) is 17.2 Å². The molecule has 3 aromatic carbocycles. The van der Waals surface area contributed by atoms with Crippen LogP contribution >= 0.6 is 0 Å². The topological polar surface area (TPSA) is 69.9 Å². The summed E-state index contributed by atoms with van der Waals surface area (Å²) in [6.07, 6.45) is 0. The summed E-state index contributed by atoms with van der Waals surface area (Å²) >= 11 is 0. The van der Waals surface area contributed by atoms with Crippen molar-refractivity contribution in [1.82, 2.24) is 0 Å². The first-order chi connectivity index (χ1) is 9.08. The molecule has 0 heterocycles. The van der Waals surface area contributed by atoms with E-state index in [0.29, 0.717) is 5.75 Å². The van der Waals surface area contributed by atoms with Gasteiger partial charge in [-0.05, 0) is 57.9 Å². The molecule has 0 bridgehead atoms. The molecule has 0 saturated carbocycles. The van der Waals surface area contributed by atoms with Gasteiger partial charge in [-0.1, -0.05) is 0 Å². The van der Waals surface area contributed by atoms with Crippen LogP contribution < -0.4 is 4.74 Å². The van der Waals surface area contributed by atoms with Gasteiger partial charge in [-0.25, -0.2) is 0 Å². The van der Waals surface area contributed by atoms with E-state index < -0.39 is 0 Å². The summed E-state index contributed by atoms with van der Waals surface area (Å²) in [5.41, 5.74) is 0. The number of ether oxygens (including phenoxy) is 1. The summed E-state index contributed by atoms with van der Waals surface area (Å²) in [5.74, 6) is 0.148. The van der Waals surface area contributed by atoms with Crippen molar-refractivity contribution >= 4 is 21.5 Å². The van der Waals surface area contributed by atoms with Crippen molar-refractivity contribution in [1.29, 1.82) is 0 Å². The molecule has 0 unspecified atom stereocenters. The van der Waals surface area contributed by atoms with Gasteiger partial charge in [0.2, 0.25) is 0 Å². The van der Waals surface area contributed by atoms with Crippen LogP contribution in [0.3, 0.4) is 0 Å². The smallest absolute Gasteiger partial charge is 0.161 e. The Bertz CT molecular complexity index is 793. The largest absolute Gasteiger partial charge is 0.504 e. The summed E-state index contributed by atoms with van der Waals surface area (Å²) in [4.78, 5) is 0. The van der Waals surface area contributed by atoms with Crippen LogP contribution in [0.2, 0.25) is 0 Å². The fraction of sp³-hybridized carbons (Fsp3) is 0.0667. The quantitative estimate of drug-likeness (QED) is 0.462. The maximum absolute atomic E-state index is 9.76. The third-order valence-corrected chi connectivity index (χ3v) is 3.19. The van der Waals surface area contributed by atoms with E-state index in [9.17, 15) is 15.3 Å². The minimum Gasteiger partial charge on any atom is -0.504 e. The predicted molar refractivity (Wildman–Crippen MR) is 73.0 cm³/mol. The second-order valence-electron chi connectivity index (χ2n) is 4.41. The number of hydrogen-bond acceptors (Lipinski definition) is 4. The molecule has 0 atom stereocenters. The minimum absolute atomic E-state index is 0.0670. The lowest BCUT2D eigenvalue weighted by Gasteiger charge is -2.08. The van der Waals surface area contributed by atoms with Gasteiger partial charge in [0.1, 0.15) is 0 Å². The average molecular weight is 256 g/mol. The van der Waals surface area contributed by atoms with Crippen LogP contribution in [-0.4, -0.2) is 22.4 Å². The third kappa shape index (κ3) is 1.78. The van der Waals surface area contributed by atoms with E-state index in [0.717, 1.165) is 21.5 Å². The lowest BCUT2D eigenvalue weighted by atomic mass is 10.0. The highest BCUT2D eigenvalue weighted by molar-refractivity contribution is 6.00. The minimum atomic E-state index is -0.162. The van der Waals surface area contributed by atoms with Gasteiger partial charge < -0.3 is 20.1 Å². The van der Waals surface area contributed by atoms with Crippen LogP contribution in [0.5, 0.6) is 23.0 Å². The molecule has 0 aliphatic heterocycles. The molecule has 19 heavy (non-hydrogen) atoms. The summed E-state index contributed by atoms with van der Waals surface area (Å²) in [5, 5.41) is 32.1. The van der Waals surface area contributed by atoms with Crippen LogP contribution in [0.15, 0.2) is 36.4 Å². The van der Waals surface area contributed by atoms with E-state index in [1.54, 1.807) is 12.1 Å². The Labute approximate surface area is 109 Å². The molecule has 0 fully saturated rings. The van der Waals surface area contributed by atoms with E-state index in [2.05, 4.69) is 0 Å². The van der Waals surface area contributed by atoms with Crippen molar-refractivity contribution in [2.24, 2.45) is 0 Å².